The largest absolute Gasteiger partial charge is 0.481 e. The van der Waals surface area contributed by atoms with E-state index < -0.39 is 48.9 Å². The second-order valence-electron chi connectivity index (χ2n) is 4.40. The molecule has 0 saturated carbocycles. The van der Waals surface area contributed by atoms with Crippen molar-refractivity contribution < 1.29 is 34.4 Å². The molecule has 7 heteroatoms. The molecule has 7 nitrogen and oxygen atoms in total. The Bertz CT molecular complexity index is 317. The number of aliphatic hydroxyl groups is 2. The Balaban J connectivity index is 2.50. The van der Waals surface area contributed by atoms with Crippen LogP contribution in [0.25, 0.3) is 0 Å². The van der Waals surface area contributed by atoms with E-state index in [2.05, 4.69) is 0 Å². The number of hydrogen-bond acceptors (Lipinski definition) is 6. The first-order chi connectivity index (χ1) is 8.31. The summed E-state index contributed by atoms with van der Waals surface area (Å²) in [5.74, 6) is -1.83. The Kier molecular flexibility index (Phi) is 5.21. The van der Waals surface area contributed by atoms with Crippen LogP contribution >= 0.6 is 0 Å². The Hall–Kier alpha value is -1.02. The average Bonchev–Trinajstić information content (AvgIpc) is 2.24. The number of carboxylic acids is 1. The monoisotopic (exact) mass is 262 g/mol. The summed E-state index contributed by atoms with van der Waals surface area (Å²) in [5, 5.41) is 27.6. The van der Waals surface area contributed by atoms with Crippen molar-refractivity contribution in [3.05, 3.63) is 0 Å². The molecule has 0 aromatic carbocycles. The number of rotatable bonds is 5. The number of Topliss-reactive ketones (excluding diaryl/α,β-unsaturated/α-hetero) is 1. The molecule has 1 rings (SSSR count). The van der Waals surface area contributed by atoms with Crippen molar-refractivity contribution in [2.45, 2.75) is 57.4 Å². The van der Waals surface area contributed by atoms with Crippen molar-refractivity contribution in [3.63, 3.8) is 0 Å². The fourth-order valence-corrected chi connectivity index (χ4v) is 1.64. The van der Waals surface area contributed by atoms with Gasteiger partial charge in [-0.3, -0.25) is 9.59 Å². The fourth-order valence-electron chi connectivity index (χ4n) is 1.64. The third kappa shape index (κ3) is 4.02. The van der Waals surface area contributed by atoms with E-state index in [-0.39, 0.29) is 6.42 Å². The zero-order valence-electron chi connectivity index (χ0n) is 10.3. The van der Waals surface area contributed by atoms with Gasteiger partial charge in [-0.05, 0) is 13.8 Å². The molecule has 1 aliphatic rings. The van der Waals surface area contributed by atoms with Crippen LogP contribution in [-0.4, -0.2) is 57.8 Å². The van der Waals surface area contributed by atoms with Gasteiger partial charge in [-0.1, -0.05) is 0 Å². The first-order valence-electron chi connectivity index (χ1n) is 5.72. The lowest BCUT2D eigenvalue weighted by Gasteiger charge is -2.36. The molecular formula is C11H18O7. The Morgan fingerprint density at radius 2 is 2.00 bits per heavy atom. The lowest BCUT2D eigenvalue weighted by molar-refractivity contribution is -0.270. The van der Waals surface area contributed by atoms with Crippen LogP contribution in [0.15, 0.2) is 0 Å². The molecule has 5 atom stereocenters. The molecule has 1 fully saturated rings. The summed E-state index contributed by atoms with van der Waals surface area (Å²) >= 11 is 0. The number of carboxylic acid groups (broad SMARTS) is 1. The van der Waals surface area contributed by atoms with E-state index in [1.165, 1.54) is 6.92 Å². The van der Waals surface area contributed by atoms with Crippen LogP contribution in [0.5, 0.6) is 0 Å². The molecule has 0 bridgehead atoms. The van der Waals surface area contributed by atoms with Gasteiger partial charge in [0, 0.05) is 6.42 Å². The molecule has 3 N–H and O–H groups in total. The molecule has 104 valence electrons. The van der Waals surface area contributed by atoms with Crippen LogP contribution in [0, 0.1) is 0 Å². The van der Waals surface area contributed by atoms with Crippen LogP contribution in [0.1, 0.15) is 26.7 Å². The van der Waals surface area contributed by atoms with Crippen LogP contribution in [-0.2, 0) is 19.1 Å². The molecule has 1 saturated heterocycles. The number of aliphatic hydroxyl groups excluding tert-OH is 2. The van der Waals surface area contributed by atoms with Gasteiger partial charge in [0.15, 0.2) is 12.1 Å². The molecule has 1 heterocycles. The Morgan fingerprint density at radius 3 is 2.56 bits per heavy atom. The van der Waals surface area contributed by atoms with Gasteiger partial charge in [0.2, 0.25) is 0 Å². The number of aliphatic carboxylic acids is 1. The molecule has 18 heavy (non-hydrogen) atoms. The van der Waals surface area contributed by atoms with Gasteiger partial charge in [-0.25, -0.2) is 0 Å². The summed E-state index contributed by atoms with van der Waals surface area (Å²) < 4.78 is 10.4. The van der Waals surface area contributed by atoms with E-state index in [0.717, 1.165) is 0 Å². The molecular weight excluding hydrogens is 244 g/mol. The summed E-state index contributed by atoms with van der Waals surface area (Å²) in [6.45, 7) is 3.02. The van der Waals surface area contributed by atoms with Gasteiger partial charge in [-0.15, -0.1) is 0 Å². The van der Waals surface area contributed by atoms with Gasteiger partial charge in [0.25, 0.3) is 0 Å². The predicted molar refractivity (Wildman–Crippen MR) is 58.8 cm³/mol. The fraction of sp³-hybridized carbons (Fsp3) is 0.818. The maximum Gasteiger partial charge on any atom is 0.310 e. The van der Waals surface area contributed by atoms with E-state index in [1.54, 1.807) is 6.92 Å². The second kappa shape index (κ2) is 6.24. The van der Waals surface area contributed by atoms with E-state index in [9.17, 15) is 19.8 Å². The van der Waals surface area contributed by atoms with Gasteiger partial charge in [-0.2, -0.15) is 0 Å². The zero-order chi connectivity index (χ0) is 13.9. The highest BCUT2D eigenvalue weighted by Crippen LogP contribution is 2.22. The van der Waals surface area contributed by atoms with E-state index >= 15 is 0 Å². The molecule has 0 amide bonds. The number of carbonyl (C=O) groups excluding carboxylic acids is 1. The highest BCUT2D eigenvalue weighted by Gasteiger charge is 2.36. The number of ketones is 1. The first-order valence-corrected chi connectivity index (χ1v) is 5.72. The number of ether oxygens (including phenoxy) is 2. The third-order valence-electron chi connectivity index (χ3n) is 2.80. The highest BCUT2D eigenvalue weighted by atomic mass is 16.7. The molecule has 0 spiro atoms. The molecule has 1 aliphatic heterocycles. The standard InChI is InChI=1S/C11H18O7/c1-5-7(12)3-9(14)11(17-5)18-6(2)8(13)4-10(15)16/h5-7,9,11-12,14H,3-4H2,1-2H3,(H,15,16)/t5-,6+,7+,9+,11-/m0/s1. The maximum atomic E-state index is 11.4. The maximum absolute atomic E-state index is 11.4. The SMILES string of the molecule is C[C@@H]1O[C@@H](O[C@H](C)C(=O)CC(=O)O)[C@H](O)C[C@H]1O. The highest BCUT2D eigenvalue weighted by molar-refractivity contribution is 5.97. The van der Waals surface area contributed by atoms with E-state index in [1.807, 2.05) is 0 Å². The van der Waals surface area contributed by atoms with Gasteiger partial charge in [0.05, 0.1) is 12.2 Å². The van der Waals surface area contributed by atoms with Crippen molar-refractivity contribution in [1.82, 2.24) is 0 Å². The summed E-state index contributed by atoms with van der Waals surface area (Å²) in [4.78, 5) is 21.8. The number of hydrogen-bond donors (Lipinski definition) is 3. The van der Waals surface area contributed by atoms with Crippen LogP contribution in [0.4, 0.5) is 0 Å². The molecule has 0 radical (unpaired) electrons. The van der Waals surface area contributed by atoms with Crippen LogP contribution < -0.4 is 0 Å². The topological polar surface area (TPSA) is 113 Å². The molecule has 0 aromatic heterocycles. The zero-order valence-corrected chi connectivity index (χ0v) is 10.3. The lowest BCUT2D eigenvalue weighted by atomic mass is 10.0. The molecule has 0 unspecified atom stereocenters. The van der Waals surface area contributed by atoms with E-state index in [0.29, 0.717) is 0 Å². The van der Waals surface area contributed by atoms with Crippen LogP contribution in [0.2, 0.25) is 0 Å². The summed E-state index contributed by atoms with van der Waals surface area (Å²) in [6.07, 6.45) is -4.91. The normalized spacial score (nSPS) is 34.0. The van der Waals surface area contributed by atoms with E-state index in [4.69, 9.17) is 14.6 Å². The van der Waals surface area contributed by atoms with Crippen LogP contribution in [0.3, 0.4) is 0 Å². The van der Waals surface area contributed by atoms with Crippen molar-refractivity contribution in [2.75, 3.05) is 0 Å². The van der Waals surface area contributed by atoms with Crippen molar-refractivity contribution in [1.29, 1.82) is 0 Å². The predicted octanol–water partition coefficient (Wildman–Crippen LogP) is -0.708. The first kappa shape index (κ1) is 15.0. The van der Waals surface area contributed by atoms with Crippen molar-refractivity contribution in [2.24, 2.45) is 0 Å². The minimum Gasteiger partial charge on any atom is -0.481 e. The third-order valence-corrected chi connectivity index (χ3v) is 2.80. The second-order valence-corrected chi connectivity index (χ2v) is 4.40. The Labute approximate surface area is 104 Å². The molecule has 0 aliphatic carbocycles. The molecule has 0 aromatic rings. The summed E-state index contributed by atoms with van der Waals surface area (Å²) in [6, 6.07) is 0. The minimum atomic E-state index is -1.23. The van der Waals surface area contributed by atoms with Gasteiger partial charge < -0.3 is 24.8 Å². The van der Waals surface area contributed by atoms with Crippen molar-refractivity contribution in [3.8, 4) is 0 Å². The average molecular weight is 262 g/mol. The minimum absolute atomic E-state index is 0.0890. The number of carbonyl (C=O) groups is 2. The smallest absolute Gasteiger partial charge is 0.310 e. The summed E-state index contributed by atoms with van der Waals surface area (Å²) in [7, 11) is 0. The quantitative estimate of drug-likeness (QED) is 0.561. The van der Waals surface area contributed by atoms with Crippen molar-refractivity contribution >= 4 is 11.8 Å². The van der Waals surface area contributed by atoms with Gasteiger partial charge in [0.1, 0.15) is 18.6 Å². The lowest BCUT2D eigenvalue weighted by Crippen LogP contribution is -2.48. The summed E-state index contributed by atoms with van der Waals surface area (Å²) in [5.41, 5.74) is 0. The Morgan fingerprint density at radius 1 is 1.39 bits per heavy atom. The van der Waals surface area contributed by atoms with Gasteiger partial charge >= 0.3 is 5.97 Å².